The van der Waals surface area contributed by atoms with Gasteiger partial charge < -0.3 is 9.47 Å². The van der Waals surface area contributed by atoms with Crippen molar-refractivity contribution in [2.45, 2.75) is 13.5 Å². The van der Waals surface area contributed by atoms with Crippen LogP contribution in [0.25, 0.3) is 6.08 Å². The van der Waals surface area contributed by atoms with Crippen molar-refractivity contribution in [1.29, 1.82) is 0 Å². The van der Waals surface area contributed by atoms with Gasteiger partial charge in [-0.2, -0.15) is 0 Å². The summed E-state index contributed by atoms with van der Waals surface area (Å²) in [5.74, 6) is 0.562. The molecular formula is C26H22FNO4S. The molecule has 4 rings (SSSR count). The number of ether oxygens (including phenoxy) is 2. The molecule has 33 heavy (non-hydrogen) atoms. The molecule has 1 heterocycles. The quantitative estimate of drug-likeness (QED) is 0.394. The van der Waals surface area contributed by atoms with Gasteiger partial charge in [0, 0.05) is 5.56 Å². The van der Waals surface area contributed by atoms with E-state index in [2.05, 4.69) is 0 Å². The standard InChI is InChI=1S/C26H22FNO4S/c1-18-6-4-9-21(14-18)31-13-12-28-25(29)24(33-26(28)30)16-19-7-5-10-22(15-19)32-17-20-8-2-3-11-23(20)27/h2-11,14-16H,12-13,17H2,1H3/b24-16-. The van der Waals surface area contributed by atoms with E-state index < -0.39 is 0 Å². The molecule has 3 aromatic carbocycles. The fourth-order valence-corrected chi connectivity index (χ4v) is 4.14. The lowest BCUT2D eigenvalue weighted by Crippen LogP contribution is -2.32. The van der Waals surface area contributed by atoms with Crippen LogP contribution in [0.3, 0.4) is 0 Å². The highest BCUT2D eigenvalue weighted by Gasteiger charge is 2.34. The number of benzene rings is 3. The minimum atomic E-state index is -0.351. The summed E-state index contributed by atoms with van der Waals surface area (Å²) in [6.45, 7) is 2.44. The van der Waals surface area contributed by atoms with Gasteiger partial charge in [0.25, 0.3) is 11.1 Å². The summed E-state index contributed by atoms with van der Waals surface area (Å²) in [5.41, 5.74) is 2.24. The molecule has 0 bridgehead atoms. The van der Waals surface area contributed by atoms with Gasteiger partial charge in [0.15, 0.2) is 0 Å². The number of hydrogen-bond acceptors (Lipinski definition) is 5. The highest BCUT2D eigenvalue weighted by atomic mass is 32.2. The first kappa shape index (κ1) is 22.6. The van der Waals surface area contributed by atoms with Crippen LogP contribution in [-0.4, -0.2) is 29.2 Å². The number of nitrogens with zero attached hydrogens (tertiary/aromatic N) is 1. The predicted octanol–water partition coefficient (Wildman–Crippen LogP) is 5.83. The number of halogens is 1. The Morgan fingerprint density at radius 2 is 1.70 bits per heavy atom. The van der Waals surface area contributed by atoms with Crippen molar-refractivity contribution >= 4 is 29.0 Å². The number of carbonyl (C=O) groups excluding carboxylic acids is 2. The van der Waals surface area contributed by atoms with Crippen molar-refractivity contribution in [2.75, 3.05) is 13.2 Å². The molecule has 0 N–H and O–H groups in total. The molecule has 0 saturated carbocycles. The summed E-state index contributed by atoms with van der Waals surface area (Å²) in [7, 11) is 0. The fraction of sp³-hybridized carbons (Fsp3) is 0.154. The lowest BCUT2D eigenvalue weighted by molar-refractivity contribution is -0.123. The van der Waals surface area contributed by atoms with Gasteiger partial charge >= 0.3 is 0 Å². The Morgan fingerprint density at radius 1 is 0.939 bits per heavy atom. The molecule has 0 atom stereocenters. The minimum absolute atomic E-state index is 0.0909. The third kappa shape index (κ3) is 5.81. The van der Waals surface area contributed by atoms with Crippen LogP contribution in [0.5, 0.6) is 11.5 Å². The third-order valence-corrected chi connectivity index (χ3v) is 5.86. The Morgan fingerprint density at radius 3 is 2.48 bits per heavy atom. The van der Waals surface area contributed by atoms with Crippen molar-refractivity contribution in [3.63, 3.8) is 0 Å². The van der Waals surface area contributed by atoms with Crippen LogP contribution in [0.15, 0.2) is 77.7 Å². The van der Waals surface area contributed by atoms with E-state index in [-0.39, 0.29) is 36.7 Å². The molecule has 2 amide bonds. The molecular weight excluding hydrogens is 441 g/mol. The zero-order valence-electron chi connectivity index (χ0n) is 18.0. The maximum absolute atomic E-state index is 13.8. The molecule has 0 aromatic heterocycles. The van der Waals surface area contributed by atoms with Crippen molar-refractivity contribution in [3.8, 4) is 11.5 Å². The van der Waals surface area contributed by atoms with Gasteiger partial charge in [-0.05, 0) is 66.2 Å². The molecule has 0 unspecified atom stereocenters. The van der Waals surface area contributed by atoms with Crippen LogP contribution in [0.2, 0.25) is 0 Å². The molecule has 168 valence electrons. The highest BCUT2D eigenvalue weighted by molar-refractivity contribution is 8.18. The largest absolute Gasteiger partial charge is 0.492 e. The zero-order valence-corrected chi connectivity index (χ0v) is 18.8. The lowest BCUT2D eigenvalue weighted by atomic mass is 10.2. The Kier molecular flexibility index (Phi) is 7.10. The SMILES string of the molecule is Cc1cccc(OCCN2C(=O)S/C(=C\c3cccc(OCc4ccccc4F)c3)C2=O)c1. The molecule has 1 fully saturated rings. The van der Waals surface area contributed by atoms with Crippen molar-refractivity contribution in [1.82, 2.24) is 4.90 Å². The summed E-state index contributed by atoms with van der Waals surface area (Å²) in [4.78, 5) is 26.6. The highest BCUT2D eigenvalue weighted by Crippen LogP contribution is 2.32. The molecule has 0 aliphatic carbocycles. The van der Waals surface area contributed by atoms with Gasteiger partial charge in [-0.3, -0.25) is 14.5 Å². The van der Waals surface area contributed by atoms with E-state index >= 15 is 0 Å². The third-order valence-electron chi connectivity index (χ3n) is 4.95. The molecule has 1 aliphatic rings. The molecule has 1 aliphatic heterocycles. The van der Waals surface area contributed by atoms with E-state index in [1.165, 1.54) is 11.0 Å². The second kappa shape index (κ2) is 10.4. The number of carbonyl (C=O) groups is 2. The number of thioether (sulfide) groups is 1. The Balaban J connectivity index is 1.37. The van der Waals surface area contributed by atoms with Crippen molar-refractivity contribution in [2.24, 2.45) is 0 Å². The van der Waals surface area contributed by atoms with Crippen LogP contribution >= 0.6 is 11.8 Å². The minimum Gasteiger partial charge on any atom is -0.492 e. The summed E-state index contributed by atoms with van der Waals surface area (Å²) in [5, 5.41) is -0.328. The first-order valence-electron chi connectivity index (χ1n) is 10.4. The fourth-order valence-electron chi connectivity index (χ4n) is 3.27. The normalized spacial score (nSPS) is 14.7. The van der Waals surface area contributed by atoms with Gasteiger partial charge in [0.1, 0.15) is 30.5 Å². The van der Waals surface area contributed by atoms with Crippen molar-refractivity contribution < 1.29 is 23.5 Å². The number of aryl methyl sites for hydroxylation is 1. The first-order chi connectivity index (χ1) is 16.0. The molecule has 5 nitrogen and oxygen atoms in total. The van der Waals surface area contributed by atoms with Crippen LogP contribution in [0, 0.1) is 12.7 Å². The predicted molar refractivity (Wildman–Crippen MR) is 127 cm³/mol. The van der Waals surface area contributed by atoms with E-state index in [1.807, 2.05) is 37.3 Å². The van der Waals surface area contributed by atoms with Crippen LogP contribution < -0.4 is 9.47 Å². The van der Waals surface area contributed by atoms with E-state index in [9.17, 15) is 14.0 Å². The molecule has 0 spiro atoms. The van der Waals surface area contributed by atoms with Crippen molar-refractivity contribution in [3.05, 3.63) is 100 Å². The molecule has 3 aromatic rings. The van der Waals surface area contributed by atoms with E-state index in [1.54, 1.807) is 42.5 Å². The Labute approximate surface area is 195 Å². The zero-order chi connectivity index (χ0) is 23.2. The number of imide groups is 1. The van der Waals surface area contributed by atoms with Crippen LogP contribution in [0.4, 0.5) is 9.18 Å². The Hall–Kier alpha value is -3.58. The van der Waals surface area contributed by atoms with Gasteiger partial charge in [0.2, 0.25) is 0 Å². The average Bonchev–Trinajstić information content (AvgIpc) is 3.06. The summed E-state index contributed by atoms with van der Waals surface area (Å²) in [6, 6.07) is 21.1. The molecule has 7 heteroatoms. The number of amides is 2. The number of hydrogen-bond donors (Lipinski definition) is 0. The monoisotopic (exact) mass is 463 g/mol. The van der Waals surface area contributed by atoms with Gasteiger partial charge in [-0.15, -0.1) is 0 Å². The topological polar surface area (TPSA) is 55.8 Å². The average molecular weight is 464 g/mol. The van der Waals surface area contributed by atoms with Gasteiger partial charge in [-0.1, -0.05) is 42.5 Å². The van der Waals surface area contributed by atoms with Gasteiger partial charge in [0.05, 0.1) is 11.4 Å². The maximum Gasteiger partial charge on any atom is 0.293 e. The Bertz CT molecular complexity index is 1210. The van der Waals surface area contributed by atoms with Gasteiger partial charge in [-0.25, -0.2) is 4.39 Å². The molecule has 1 saturated heterocycles. The van der Waals surface area contributed by atoms with E-state index in [0.29, 0.717) is 27.5 Å². The van der Waals surface area contributed by atoms with Crippen LogP contribution in [0.1, 0.15) is 16.7 Å². The van der Waals surface area contributed by atoms with Crippen LogP contribution in [-0.2, 0) is 11.4 Å². The summed E-state index contributed by atoms with van der Waals surface area (Å²) in [6.07, 6.45) is 1.66. The van der Waals surface area contributed by atoms with E-state index in [4.69, 9.17) is 9.47 Å². The molecule has 0 radical (unpaired) electrons. The number of rotatable bonds is 8. The maximum atomic E-state index is 13.8. The first-order valence-corrected chi connectivity index (χ1v) is 11.2. The smallest absolute Gasteiger partial charge is 0.293 e. The lowest BCUT2D eigenvalue weighted by Gasteiger charge is -2.13. The second-order valence-corrected chi connectivity index (χ2v) is 8.44. The summed E-state index contributed by atoms with van der Waals surface area (Å²) >= 11 is 0.896. The summed E-state index contributed by atoms with van der Waals surface area (Å²) < 4.78 is 25.2. The van der Waals surface area contributed by atoms with E-state index in [0.717, 1.165) is 17.3 Å². The second-order valence-electron chi connectivity index (χ2n) is 7.45.